The minimum Gasteiger partial charge on any atom is -0.445 e. The number of nitrogens with zero attached hydrogens (tertiary/aromatic N) is 3. The average molecular weight is 546 g/mol. The predicted molar refractivity (Wildman–Crippen MR) is 115 cm³/mol. The SMILES string of the molecule is C=CCOC(=O)Nc1c(C2(C(N)=O)CC2)c(C#N)nn1-c1c(Cl)cc(S(F)(F)(F)(F)F)cc1Cl. The molecule has 1 aromatic heterocycles. The molecule has 0 aliphatic heterocycles. The van der Waals surface area contributed by atoms with E-state index in [1.54, 1.807) is 6.07 Å². The molecule has 1 aromatic carbocycles. The van der Waals surface area contributed by atoms with Crippen molar-refractivity contribution in [3.63, 3.8) is 0 Å². The van der Waals surface area contributed by atoms with Gasteiger partial charge in [-0.15, -0.1) is 0 Å². The third-order valence-electron chi connectivity index (χ3n) is 4.89. The average Bonchev–Trinajstić information content (AvgIpc) is 3.42. The number of carbonyl (C=O) groups excluding carboxylic acids is 2. The van der Waals surface area contributed by atoms with Crippen LogP contribution in [0.5, 0.6) is 0 Å². The van der Waals surface area contributed by atoms with E-state index < -0.39 is 59.8 Å². The van der Waals surface area contributed by atoms with Crippen LogP contribution < -0.4 is 11.1 Å². The van der Waals surface area contributed by atoms with Gasteiger partial charge in [-0.2, -0.15) is 10.4 Å². The van der Waals surface area contributed by atoms with Crippen molar-refractivity contribution in [1.29, 1.82) is 5.26 Å². The van der Waals surface area contributed by atoms with Gasteiger partial charge >= 0.3 is 16.3 Å². The van der Waals surface area contributed by atoms with Crippen LogP contribution in [-0.2, 0) is 14.9 Å². The number of benzene rings is 1. The number of nitriles is 1. The van der Waals surface area contributed by atoms with Gasteiger partial charge in [-0.1, -0.05) is 55.3 Å². The summed E-state index contributed by atoms with van der Waals surface area (Å²) in [6, 6.07) is 1.59. The lowest BCUT2D eigenvalue weighted by atomic mass is 9.94. The van der Waals surface area contributed by atoms with Crippen LogP contribution in [0.25, 0.3) is 5.69 Å². The van der Waals surface area contributed by atoms with Crippen molar-refractivity contribution in [2.75, 3.05) is 11.9 Å². The summed E-state index contributed by atoms with van der Waals surface area (Å²) in [5.74, 6) is -1.27. The molecular formula is C18H14Cl2F5N5O3S. The van der Waals surface area contributed by atoms with E-state index in [2.05, 4.69) is 17.0 Å². The van der Waals surface area contributed by atoms with E-state index in [0.717, 1.165) is 0 Å². The summed E-state index contributed by atoms with van der Waals surface area (Å²) in [6.07, 6.45) is 0.451. The van der Waals surface area contributed by atoms with Crippen molar-refractivity contribution >= 4 is 51.2 Å². The van der Waals surface area contributed by atoms with Gasteiger partial charge in [-0.05, 0) is 25.0 Å². The molecule has 0 radical (unpaired) electrons. The topological polar surface area (TPSA) is 123 Å². The maximum atomic E-state index is 13.3. The molecule has 0 bridgehead atoms. The first-order chi connectivity index (χ1) is 15.4. The number of ether oxygens (including phenoxy) is 1. The second kappa shape index (κ2) is 7.49. The largest absolute Gasteiger partial charge is 0.445 e. The molecule has 0 saturated heterocycles. The zero-order valence-electron chi connectivity index (χ0n) is 16.8. The van der Waals surface area contributed by atoms with E-state index in [1.165, 1.54) is 6.08 Å². The molecule has 184 valence electrons. The summed E-state index contributed by atoms with van der Waals surface area (Å²) < 4.78 is 71.8. The summed E-state index contributed by atoms with van der Waals surface area (Å²) in [6.45, 7) is 3.11. The second-order valence-corrected chi connectivity index (χ2v) is 10.5. The molecule has 1 heterocycles. The van der Waals surface area contributed by atoms with Crippen LogP contribution in [0.2, 0.25) is 10.0 Å². The van der Waals surface area contributed by atoms with Crippen molar-refractivity contribution in [3.05, 3.63) is 46.1 Å². The highest BCUT2D eigenvalue weighted by Crippen LogP contribution is 3.02. The fraction of sp³-hybridized carbons (Fsp3) is 0.222. The summed E-state index contributed by atoms with van der Waals surface area (Å²) in [5.41, 5.74) is 2.89. The lowest BCUT2D eigenvalue weighted by Crippen LogP contribution is -2.30. The quantitative estimate of drug-likeness (QED) is 0.328. The van der Waals surface area contributed by atoms with Crippen LogP contribution in [0.1, 0.15) is 24.1 Å². The molecule has 3 N–H and O–H groups in total. The molecule has 2 amide bonds. The second-order valence-electron chi connectivity index (χ2n) is 7.26. The van der Waals surface area contributed by atoms with Crippen molar-refractivity contribution < 1.29 is 33.8 Å². The first-order valence-corrected chi connectivity index (χ1v) is 11.8. The minimum absolute atomic E-state index is 0.0570. The van der Waals surface area contributed by atoms with Crippen LogP contribution >= 0.6 is 33.4 Å². The normalized spacial score (nSPS) is 16.5. The Morgan fingerprint density at radius 2 is 1.85 bits per heavy atom. The van der Waals surface area contributed by atoms with Gasteiger partial charge in [0.2, 0.25) is 5.91 Å². The number of amides is 2. The van der Waals surface area contributed by atoms with Gasteiger partial charge in [0.05, 0.1) is 15.5 Å². The smallest absolute Gasteiger partial charge is 0.413 e. The van der Waals surface area contributed by atoms with Gasteiger partial charge in [-0.3, -0.25) is 10.1 Å². The van der Waals surface area contributed by atoms with Gasteiger partial charge in [0.15, 0.2) is 5.69 Å². The lowest BCUT2D eigenvalue weighted by molar-refractivity contribution is -0.120. The molecule has 0 unspecified atom stereocenters. The molecule has 1 saturated carbocycles. The number of aromatic nitrogens is 2. The number of halogens is 7. The number of nitrogens with two attached hydrogens (primary N) is 1. The molecule has 0 atom stereocenters. The highest BCUT2D eigenvalue weighted by atomic mass is 35.5. The maximum absolute atomic E-state index is 13.3. The Hall–Kier alpha value is -3.02. The van der Waals surface area contributed by atoms with Gasteiger partial charge < -0.3 is 10.5 Å². The first-order valence-electron chi connectivity index (χ1n) is 9.07. The fourth-order valence-electron chi connectivity index (χ4n) is 3.21. The predicted octanol–water partition coefficient (Wildman–Crippen LogP) is 5.96. The zero-order chi connectivity index (χ0) is 25.8. The highest BCUT2D eigenvalue weighted by molar-refractivity contribution is 8.45. The third kappa shape index (κ3) is 4.63. The lowest BCUT2D eigenvalue weighted by Gasteiger charge is -2.40. The zero-order valence-corrected chi connectivity index (χ0v) is 19.1. The van der Waals surface area contributed by atoms with Gasteiger partial charge in [-0.25, -0.2) is 9.48 Å². The van der Waals surface area contributed by atoms with Crippen LogP contribution in [0, 0.1) is 11.3 Å². The van der Waals surface area contributed by atoms with Gasteiger partial charge in [0.25, 0.3) is 0 Å². The maximum Gasteiger partial charge on any atom is 0.413 e. The Balaban J connectivity index is 2.30. The monoisotopic (exact) mass is 545 g/mol. The number of rotatable bonds is 7. The molecule has 1 aliphatic rings. The fourth-order valence-corrected chi connectivity index (χ4v) is 4.66. The molecule has 2 aromatic rings. The van der Waals surface area contributed by atoms with Crippen LogP contribution in [0.4, 0.5) is 30.0 Å². The number of hydrogen-bond acceptors (Lipinski definition) is 5. The van der Waals surface area contributed by atoms with Crippen molar-refractivity contribution in [1.82, 2.24) is 9.78 Å². The summed E-state index contributed by atoms with van der Waals surface area (Å²) in [5, 5.41) is 13.8. The van der Waals surface area contributed by atoms with Crippen LogP contribution in [0.3, 0.4) is 0 Å². The van der Waals surface area contributed by atoms with E-state index in [1.807, 2.05) is 0 Å². The highest BCUT2D eigenvalue weighted by Gasteiger charge is 2.65. The number of carbonyl (C=O) groups is 2. The summed E-state index contributed by atoms with van der Waals surface area (Å²) >= 11 is 11.8. The Labute approximate surface area is 198 Å². The minimum atomic E-state index is -10.2. The summed E-state index contributed by atoms with van der Waals surface area (Å²) in [4.78, 5) is 22.0. The Kier molecular flexibility index (Phi) is 5.64. The molecular weight excluding hydrogens is 532 g/mol. The Bertz CT molecular complexity index is 1260. The number of anilines is 1. The van der Waals surface area contributed by atoms with E-state index in [4.69, 9.17) is 33.7 Å². The molecule has 3 rings (SSSR count). The van der Waals surface area contributed by atoms with Crippen molar-refractivity contribution in [3.8, 4) is 11.8 Å². The van der Waals surface area contributed by atoms with Crippen molar-refractivity contribution in [2.45, 2.75) is 23.2 Å². The van der Waals surface area contributed by atoms with E-state index >= 15 is 0 Å². The summed E-state index contributed by atoms with van der Waals surface area (Å²) in [7, 11) is -10.2. The van der Waals surface area contributed by atoms with E-state index in [-0.39, 0.29) is 37.1 Å². The van der Waals surface area contributed by atoms with E-state index in [0.29, 0.717) is 4.68 Å². The molecule has 0 spiro atoms. The van der Waals surface area contributed by atoms with E-state index in [9.17, 15) is 34.3 Å². The van der Waals surface area contributed by atoms with Gasteiger partial charge in [0.1, 0.15) is 29.1 Å². The Morgan fingerprint density at radius 3 is 2.26 bits per heavy atom. The standard InChI is InChI=1S/C18H14Cl2F5N5O3S/c1-2-5-33-17(32)28-15-13(18(3-4-18)16(27)31)12(8-26)29-30(15)14-10(19)6-9(7-11(14)20)34(21,22,23,24)25/h2,6-7H,1,3-5H2,(H2,27,31)(H,28,32). The molecule has 1 fully saturated rings. The first kappa shape index (κ1) is 25.6. The molecule has 8 nitrogen and oxygen atoms in total. The van der Waals surface area contributed by atoms with Gasteiger partial charge in [0, 0.05) is 5.56 Å². The number of nitrogens with one attached hydrogen (secondary N) is 1. The molecule has 1 aliphatic carbocycles. The Morgan fingerprint density at radius 1 is 1.29 bits per heavy atom. The van der Waals surface area contributed by atoms with Crippen LogP contribution in [0.15, 0.2) is 29.7 Å². The van der Waals surface area contributed by atoms with Crippen molar-refractivity contribution in [2.24, 2.45) is 5.73 Å². The third-order valence-corrected chi connectivity index (χ3v) is 6.59. The van der Waals surface area contributed by atoms with Crippen LogP contribution in [-0.4, -0.2) is 28.4 Å². The molecule has 34 heavy (non-hydrogen) atoms. The number of primary amides is 1. The number of hydrogen-bond donors (Lipinski definition) is 2. The molecule has 16 heteroatoms.